The summed E-state index contributed by atoms with van der Waals surface area (Å²) in [5.74, 6) is 0. The lowest BCUT2D eigenvalue weighted by Gasteiger charge is -2.39. The molecule has 2 nitrogen and oxygen atoms in total. The Morgan fingerprint density at radius 2 is 2.21 bits per heavy atom. The molecule has 0 aromatic rings. The summed E-state index contributed by atoms with van der Waals surface area (Å²) in [6, 6.07) is 0.781. The first-order valence-corrected chi connectivity index (χ1v) is 6.11. The third-order valence-electron chi connectivity index (χ3n) is 3.62. The minimum absolute atomic E-state index is 0.552. The second-order valence-corrected chi connectivity index (χ2v) is 5.80. The van der Waals surface area contributed by atoms with E-state index in [1.54, 1.807) is 0 Å². The molecule has 2 rings (SSSR count). The number of likely N-dealkylation sites (tertiary alicyclic amines) is 1. The van der Waals surface area contributed by atoms with Crippen LogP contribution in [0.25, 0.3) is 0 Å². The Labute approximate surface area is 88.1 Å². The van der Waals surface area contributed by atoms with E-state index < -0.39 is 0 Å². The van der Waals surface area contributed by atoms with Crippen LogP contribution >= 0.6 is 0 Å². The van der Waals surface area contributed by atoms with Crippen LogP contribution in [0.3, 0.4) is 0 Å². The van der Waals surface area contributed by atoms with Crippen molar-refractivity contribution in [3.63, 3.8) is 0 Å². The quantitative estimate of drug-likeness (QED) is 0.725. The number of nitrogens with one attached hydrogen (secondary N) is 1. The van der Waals surface area contributed by atoms with Gasteiger partial charge in [0.05, 0.1) is 0 Å². The third kappa shape index (κ3) is 2.71. The van der Waals surface area contributed by atoms with Crippen molar-refractivity contribution < 1.29 is 0 Å². The minimum atomic E-state index is 0.552. The Morgan fingerprint density at radius 1 is 1.36 bits per heavy atom. The molecule has 2 aliphatic heterocycles. The molecule has 0 aromatic carbocycles. The van der Waals surface area contributed by atoms with Crippen LogP contribution in [0.1, 0.15) is 39.5 Å². The summed E-state index contributed by atoms with van der Waals surface area (Å²) >= 11 is 0. The van der Waals surface area contributed by atoms with Crippen LogP contribution in [0, 0.1) is 5.41 Å². The van der Waals surface area contributed by atoms with Crippen LogP contribution in [0.2, 0.25) is 0 Å². The van der Waals surface area contributed by atoms with E-state index in [-0.39, 0.29) is 0 Å². The first kappa shape index (κ1) is 10.4. The molecule has 14 heavy (non-hydrogen) atoms. The van der Waals surface area contributed by atoms with Crippen LogP contribution in [0.15, 0.2) is 0 Å². The first-order valence-electron chi connectivity index (χ1n) is 6.11. The number of hydrogen-bond acceptors (Lipinski definition) is 2. The van der Waals surface area contributed by atoms with Gasteiger partial charge in [-0.15, -0.1) is 0 Å². The average molecular weight is 196 g/mol. The maximum Gasteiger partial charge on any atom is 0.0195 e. The van der Waals surface area contributed by atoms with Crippen molar-refractivity contribution >= 4 is 0 Å². The lowest BCUT2D eigenvalue weighted by atomic mass is 9.84. The Balaban J connectivity index is 1.79. The SMILES string of the molecule is CC1(C)CCCN(C[C@@H]2CCCN2)C1. The van der Waals surface area contributed by atoms with Gasteiger partial charge in [-0.05, 0) is 44.2 Å². The molecule has 82 valence electrons. The molecule has 0 aliphatic carbocycles. The molecule has 2 heterocycles. The maximum absolute atomic E-state index is 3.59. The van der Waals surface area contributed by atoms with E-state index in [0.717, 1.165) is 6.04 Å². The Morgan fingerprint density at radius 3 is 2.86 bits per heavy atom. The first-order chi connectivity index (χ1) is 6.66. The zero-order valence-electron chi connectivity index (χ0n) is 9.68. The molecule has 1 atom stereocenters. The van der Waals surface area contributed by atoms with Crippen molar-refractivity contribution in [2.24, 2.45) is 5.41 Å². The van der Waals surface area contributed by atoms with Crippen molar-refractivity contribution in [1.29, 1.82) is 0 Å². The normalized spacial score (nSPS) is 33.4. The van der Waals surface area contributed by atoms with Gasteiger partial charge in [0.2, 0.25) is 0 Å². The lowest BCUT2D eigenvalue weighted by Crippen LogP contribution is -2.45. The number of rotatable bonds is 2. The fourth-order valence-electron chi connectivity index (χ4n) is 2.92. The van der Waals surface area contributed by atoms with Gasteiger partial charge in [-0.25, -0.2) is 0 Å². The van der Waals surface area contributed by atoms with Gasteiger partial charge in [-0.1, -0.05) is 13.8 Å². The van der Waals surface area contributed by atoms with Crippen LogP contribution in [-0.2, 0) is 0 Å². The summed E-state index contributed by atoms with van der Waals surface area (Å²) in [4.78, 5) is 2.66. The standard InChI is InChI=1S/C12H24N2/c1-12(2)6-4-8-14(10-12)9-11-5-3-7-13-11/h11,13H,3-10H2,1-2H3/t11-/m0/s1. The zero-order chi connectivity index (χ0) is 10.0. The van der Waals surface area contributed by atoms with Gasteiger partial charge in [0.1, 0.15) is 0 Å². The topological polar surface area (TPSA) is 15.3 Å². The Bertz CT molecular complexity index is 183. The van der Waals surface area contributed by atoms with E-state index in [1.807, 2.05) is 0 Å². The van der Waals surface area contributed by atoms with E-state index >= 15 is 0 Å². The van der Waals surface area contributed by atoms with Gasteiger partial charge in [-0.3, -0.25) is 0 Å². The van der Waals surface area contributed by atoms with Gasteiger partial charge in [0.15, 0.2) is 0 Å². The Hall–Kier alpha value is -0.0800. The van der Waals surface area contributed by atoms with Crippen molar-refractivity contribution in [2.75, 3.05) is 26.2 Å². The summed E-state index contributed by atoms with van der Waals surface area (Å²) in [7, 11) is 0. The molecule has 2 saturated heterocycles. The molecule has 0 amide bonds. The predicted molar refractivity (Wildman–Crippen MR) is 60.5 cm³/mol. The highest BCUT2D eigenvalue weighted by Gasteiger charge is 2.28. The van der Waals surface area contributed by atoms with Crippen LogP contribution in [-0.4, -0.2) is 37.1 Å². The Kier molecular flexibility index (Phi) is 3.13. The second-order valence-electron chi connectivity index (χ2n) is 5.80. The van der Waals surface area contributed by atoms with E-state index in [1.165, 1.54) is 51.9 Å². The molecule has 0 unspecified atom stereocenters. The van der Waals surface area contributed by atoms with Crippen LogP contribution < -0.4 is 5.32 Å². The highest BCUT2D eigenvalue weighted by atomic mass is 15.2. The molecular formula is C12H24N2. The molecule has 0 spiro atoms. The van der Waals surface area contributed by atoms with Gasteiger partial charge >= 0.3 is 0 Å². The fraction of sp³-hybridized carbons (Fsp3) is 1.00. The highest BCUT2D eigenvalue weighted by Crippen LogP contribution is 2.28. The monoisotopic (exact) mass is 196 g/mol. The molecule has 2 heteroatoms. The number of nitrogens with zero attached hydrogens (tertiary/aromatic N) is 1. The fourth-order valence-corrected chi connectivity index (χ4v) is 2.92. The van der Waals surface area contributed by atoms with E-state index in [0.29, 0.717) is 5.41 Å². The van der Waals surface area contributed by atoms with E-state index in [2.05, 4.69) is 24.1 Å². The maximum atomic E-state index is 3.59. The van der Waals surface area contributed by atoms with Crippen LogP contribution in [0.4, 0.5) is 0 Å². The molecule has 0 bridgehead atoms. The van der Waals surface area contributed by atoms with Crippen molar-refractivity contribution in [3.05, 3.63) is 0 Å². The van der Waals surface area contributed by atoms with Gasteiger partial charge in [-0.2, -0.15) is 0 Å². The number of hydrogen-bond donors (Lipinski definition) is 1. The largest absolute Gasteiger partial charge is 0.313 e. The summed E-state index contributed by atoms with van der Waals surface area (Å²) in [6.07, 6.45) is 5.56. The zero-order valence-corrected chi connectivity index (χ0v) is 9.68. The van der Waals surface area contributed by atoms with Crippen LogP contribution in [0.5, 0.6) is 0 Å². The summed E-state index contributed by atoms with van der Waals surface area (Å²) in [6.45, 7) is 9.95. The highest BCUT2D eigenvalue weighted by molar-refractivity contribution is 4.84. The molecule has 2 fully saturated rings. The molecule has 1 N–H and O–H groups in total. The molecule has 2 aliphatic rings. The van der Waals surface area contributed by atoms with Gasteiger partial charge < -0.3 is 10.2 Å². The average Bonchev–Trinajstić information content (AvgIpc) is 2.54. The van der Waals surface area contributed by atoms with Gasteiger partial charge in [0.25, 0.3) is 0 Å². The molecule has 0 radical (unpaired) electrons. The van der Waals surface area contributed by atoms with E-state index in [9.17, 15) is 0 Å². The van der Waals surface area contributed by atoms with Crippen molar-refractivity contribution in [2.45, 2.75) is 45.6 Å². The molecule has 0 aromatic heterocycles. The predicted octanol–water partition coefficient (Wildman–Crippen LogP) is 1.86. The summed E-state index contributed by atoms with van der Waals surface area (Å²) in [5.41, 5.74) is 0.552. The second kappa shape index (κ2) is 4.19. The minimum Gasteiger partial charge on any atom is -0.313 e. The molecule has 0 saturated carbocycles. The van der Waals surface area contributed by atoms with Crippen molar-refractivity contribution in [1.82, 2.24) is 10.2 Å². The lowest BCUT2D eigenvalue weighted by molar-refractivity contribution is 0.110. The smallest absolute Gasteiger partial charge is 0.0195 e. The third-order valence-corrected chi connectivity index (χ3v) is 3.62. The van der Waals surface area contributed by atoms with Gasteiger partial charge in [0, 0.05) is 19.1 Å². The number of piperidine rings is 1. The molecular weight excluding hydrogens is 172 g/mol. The summed E-state index contributed by atoms with van der Waals surface area (Å²) < 4.78 is 0. The summed E-state index contributed by atoms with van der Waals surface area (Å²) in [5, 5.41) is 3.59. The van der Waals surface area contributed by atoms with E-state index in [4.69, 9.17) is 0 Å². The van der Waals surface area contributed by atoms with Crippen molar-refractivity contribution in [3.8, 4) is 0 Å².